The second-order valence-corrected chi connectivity index (χ2v) is 5.09. The average molecular weight is 252 g/mol. The topological polar surface area (TPSA) is 20.3 Å². The molecule has 1 fully saturated rings. The lowest BCUT2D eigenvalue weighted by molar-refractivity contribution is 0.0963. The van der Waals surface area contributed by atoms with Crippen LogP contribution in [0.1, 0.15) is 36.5 Å². The number of likely N-dealkylation sites (tertiary alicyclic amines) is 1. The van der Waals surface area contributed by atoms with Crippen molar-refractivity contribution >= 4 is 17.4 Å². The van der Waals surface area contributed by atoms with Gasteiger partial charge in [-0.1, -0.05) is 23.7 Å². The highest BCUT2D eigenvalue weighted by molar-refractivity contribution is 6.33. The predicted molar refractivity (Wildman–Crippen MR) is 70.7 cm³/mol. The molecule has 0 spiro atoms. The summed E-state index contributed by atoms with van der Waals surface area (Å²) >= 11 is 6.01. The lowest BCUT2D eigenvalue weighted by Gasteiger charge is -2.20. The van der Waals surface area contributed by atoms with Crippen LogP contribution in [0.25, 0.3) is 0 Å². The highest BCUT2D eigenvalue weighted by Gasteiger charge is 2.21. The third-order valence-corrected chi connectivity index (χ3v) is 3.82. The zero-order chi connectivity index (χ0) is 12.3. The molecule has 1 aliphatic rings. The molecule has 1 aliphatic heterocycles. The second-order valence-electron chi connectivity index (χ2n) is 4.68. The van der Waals surface area contributed by atoms with E-state index in [0.717, 1.165) is 13.1 Å². The summed E-state index contributed by atoms with van der Waals surface area (Å²) in [6.45, 7) is 4.20. The summed E-state index contributed by atoms with van der Waals surface area (Å²) in [7, 11) is 0. The van der Waals surface area contributed by atoms with Gasteiger partial charge in [-0.15, -0.1) is 0 Å². The molecule has 3 heteroatoms. The van der Waals surface area contributed by atoms with E-state index in [1.807, 2.05) is 12.1 Å². The average Bonchev–Trinajstić information content (AvgIpc) is 2.72. The Kier molecular flexibility index (Phi) is 4.19. The molecular formula is C14H18ClNO. The number of hydrogen-bond donors (Lipinski definition) is 0. The highest BCUT2D eigenvalue weighted by atomic mass is 35.5. The fourth-order valence-electron chi connectivity index (χ4n) is 2.39. The quantitative estimate of drug-likeness (QED) is 0.765. The van der Waals surface area contributed by atoms with Crippen LogP contribution in [0.15, 0.2) is 24.3 Å². The van der Waals surface area contributed by atoms with E-state index < -0.39 is 0 Å². The van der Waals surface area contributed by atoms with Crippen LogP contribution in [0.2, 0.25) is 5.02 Å². The molecule has 1 saturated heterocycles. The van der Waals surface area contributed by atoms with Crippen LogP contribution in [0.3, 0.4) is 0 Å². The van der Waals surface area contributed by atoms with Crippen LogP contribution >= 0.6 is 11.6 Å². The Hall–Kier alpha value is -0.860. The maximum Gasteiger partial charge on any atom is 0.165 e. The van der Waals surface area contributed by atoms with E-state index in [4.69, 9.17) is 11.6 Å². The number of rotatable bonds is 4. The van der Waals surface area contributed by atoms with Crippen molar-refractivity contribution in [2.45, 2.75) is 32.2 Å². The van der Waals surface area contributed by atoms with Crippen molar-refractivity contribution in [3.05, 3.63) is 34.9 Å². The van der Waals surface area contributed by atoms with Gasteiger partial charge in [-0.3, -0.25) is 4.79 Å². The predicted octanol–water partition coefficient (Wildman–Crippen LogP) is 3.40. The van der Waals surface area contributed by atoms with Gasteiger partial charge < -0.3 is 4.90 Å². The van der Waals surface area contributed by atoms with Crippen molar-refractivity contribution in [3.63, 3.8) is 0 Å². The van der Waals surface area contributed by atoms with Crippen molar-refractivity contribution in [1.82, 2.24) is 4.90 Å². The number of hydrogen-bond acceptors (Lipinski definition) is 2. The molecule has 0 saturated carbocycles. The van der Waals surface area contributed by atoms with E-state index in [9.17, 15) is 4.79 Å². The summed E-state index contributed by atoms with van der Waals surface area (Å²) in [6.07, 6.45) is 3.07. The van der Waals surface area contributed by atoms with Crippen molar-refractivity contribution in [3.8, 4) is 0 Å². The first kappa shape index (κ1) is 12.6. The monoisotopic (exact) mass is 251 g/mol. The number of halogens is 1. The van der Waals surface area contributed by atoms with Gasteiger partial charge in [-0.25, -0.2) is 0 Å². The largest absolute Gasteiger partial charge is 0.300 e. The van der Waals surface area contributed by atoms with E-state index in [0.29, 0.717) is 23.0 Å². The molecule has 0 N–H and O–H groups in total. The van der Waals surface area contributed by atoms with Crippen molar-refractivity contribution in [2.24, 2.45) is 0 Å². The van der Waals surface area contributed by atoms with Gasteiger partial charge >= 0.3 is 0 Å². The van der Waals surface area contributed by atoms with Crippen LogP contribution in [0, 0.1) is 0 Å². The molecule has 0 radical (unpaired) electrons. The van der Waals surface area contributed by atoms with Gasteiger partial charge in [0.15, 0.2) is 5.78 Å². The minimum atomic E-state index is 0.148. The molecule has 1 aromatic rings. The first-order chi connectivity index (χ1) is 8.18. The molecule has 0 aromatic heterocycles. The first-order valence-corrected chi connectivity index (χ1v) is 6.58. The van der Waals surface area contributed by atoms with Crippen molar-refractivity contribution < 1.29 is 4.79 Å². The zero-order valence-electron chi connectivity index (χ0n) is 10.2. The standard InChI is InChI=1S/C14H18ClNO/c1-11-5-4-9-16(11)10-8-14(17)12-6-2-3-7-13(12)15/h2-3,6-7,11H,4-5,8-10H2,1H3. The van der Waals surface area contributed by atoms with E-state index >= 15 is 0 Å². The Morgan fingerprint density at radius 3 is 2.88 bits per heavy atom. The smallest absolute Gasteiger partial charge is 0.165 e. The minimum Gasteiger partial charge on any atom is -0.300 e. The van der Waals surface area contributed by atoms with Crippen LogP contribution in [0.4, 0.5) is 0 Å². The summed E-state index contributed by atoms with van der Waals surface area (Å²) in [5, 5.41) is 0.562. The fourth-order valence-corrected chi connectivity index (χ4v) is 2.63. The summed E-state index contributed by atoms with van der Waals surface area (Å²) in [4.78, 5) is 14.4. The fraction of sp³-hybridized carbons (Fsp3) is 0.500. The zero-order valence-corrected chi connectivity index (χ0v) is 10.9. The number of ketones is 1. The van der Waals surface area contributed by atoms with E-state index in [1.54, 1.807) is 12.1 Å². The molecule has 2 nitrogen and oxygen atoms in total. The maximum absolute atomic E-state index is 12.0. The van der Waals surface area contributed by atoms with Gasteiger partial charge in [0.25, 0.3) is 0 Å². The first-order valence-electron chi connectivity index (χ1n) is 6.20. The molecule has 0 aliphatic carbocycles. The lowest BCUT2D eigenvalue weighted by Crippen LogP contribution is -2.29. The van der Waals surface area contributed by atoms with E-state index in [2.05, 4.69) is 11.8 Å². The van der Waals surface area contributed by atoms with E-state index in [1.165, 1.54) is 12.8 Å². The molecule has 2 rings (SSSR count). The molecular weight excluding hydrogens is 234 g/mol. The normalized spacial score (nSPS) is 20.7. The summed E-state index contributed by atoms with van der Waals surface area (Å²) in [5.41, 5.74) is 0.654. The molecule has 1 atom stereocenters. The number of carbonyl (C=O) groups is 1. The number of Topliss-reactive ketones (excluding diaryl/α,β-unsaturated/α-hetero) is 1. The summed E-state index contributed by atoms with van der Waals surface area (Å²) in [5.74, 6) is 0.148. The molecule has 92 valence electrons. The Morgan fingerprint density at radius 2 is 2.24 bits per heavy atom. The minimum absolute atomic E-state index is 0.148. The van der Waals surface area contributed by atoms with Crippen LogP contribution in [0.5, 0.6) is 0 Å². The molecule has 1 heterocycles. The molecule has 0 bridgehead atoms. The van der Waals surface area contributed by atoms with Gasteiger partial charge in [0.1, 0.15) is 0 Å². The Bertz CT molecular complexity index is 405. The second kappa shape index (κ2) is 5.65. The molecule has 1 unspecified atom stereocenters. The molecule has 0 amide bonds. The van der Waals surface area contributed by atoms with Gasteiger partial charge in [0, 0.05) is 24.6 Å². The van der Waals surface area contributed by atoms with Gasteiger partial charge in [-0.05, 0) is 38.4 Å². The van der Waals surface area contributed by atoms with Gasteiger partial charge in [0.05, 0.1) is 5.02 Å². The third-order valence-electron chi connectivity index (χ3n) is 3.49. The maximum atomic E-state index is 12.0. The van der Waals surface area contributed by atoms with Gasteiger partial charge in [0.2, 0.25) is 0 Å². The van der Waals surface area contributed by atoms with Crippen LogP contribution in [-0.2, 0) is 0 Å². The number of carbonyl (C=O) groups excluding carboxylic acids is 1. The Labute approximate surface area is 108 Å². The SMILES string of the molecule is CC1CCCN1CCC(=O)c1ccccc1Cl. The Morgan fingerprint density at radius 1 is 1.47 bits per heavy atom. The van der Waals surface area contributed by atoms with Gasteiger partial charge in [-0.2, -0.15) is 0 Å². The summed E-state index contributed by atoms with van der Waals surface area (Å²) < 4.78 is 0. The van der Waals surface area contributed by atoms with Crippen LogP contribution in [-0.4, -0.2) is 29.8 Å². The lowest BCUT2D eigenvalue weighted by atomic mass is 10.1. The van der Waals surface area contributed by atoms with E-state index in [-0.39, 0.29) is 5.78 Å². The molecule has 17 heavy (non-hydrogen) atoms. The summed E-state index contributed by atoms with van der Waals surface area (Å²) in [6, 6.07) is 7.90. The van der Waals surface area contributed by atoms with Crippen molar-refractivity contribution in [2.75, 3.05) is 13.1 Å². The number of nitrogens with zero attached hydrogens (tertiary/aromatic N) is 1. The van der Waals surface area contributed by atoms with Crippen molar-refractivity contribution in [1.29, 1.82) is 0 Å². The number of benzene rings is 1. The molecule has 1 aromatic carbocycles. The highest BCUT2D eigenvalue weighted by Crippen LogP contribution is 2.19. The van der Waals surface area contributed by atoms with Crippen LogP contribution < -0.4 is 0 Å². The third kappa shape index (κ3) is 3.08. The Balaban J connectivity index is 1.91.